The minimum atomic E-state index is 0.594. The van der Waals surface area contributed by atoms with E-state index in [0.29, 0.717) is 5.89 Å². The van der Waals surface area contributed by atoms with Gasteiger partial charge in [0.05, 0.1) is 12.7 Å². The molecule has 0 radical (unpaired) electrons. The van der Waals surface area contributed by atoms with Gasteiger partial charge in [-0.3, -0.25) is 0 Å². The van der Waals surface area contributed by atoms with Crippen LogP contribution in [0.5, 0.6) is 5.75 Å². The Morgan fingerprint density at radius 1 is 1.11 bits per heavy atom. The van der Waals surface area contributed by atoms with Crippen LogP contribution in [0.1, 0.15) is 5.56 Å². The second-order valence-electron chi connectivity index (χ2n) is 4.19. The van der Waals surface area contributed by atoms with Crippen molar-refractivity contribution in [2.45, 2.75) is 6.92 Å². The van der Waals surface area contributed by atoms with E-state index in [9.17, 15) is 0 Å². The molecular weight excluding hydrogens is 226 g/mol. The predicted molar refractivity (Wildman–Crippen MR) is 70.7 cm³/mol. The highest BCUT2D eigenvalue weighted by Crippen LogP contribution is 2.32. The lowest BCUT2D eigenvalue weighted by Gasteiger charge is -2.05. The third-order valence-corrected chi connectivity index (χ3v) is 2.88. The number of aromatic nitrogens is 1. The molecule has 0 amide bonds. The van der Waals surface area contributed by atoms with E-state index in [4.69, 9.17) is 9.15 Å². The summed E-state index contributed by atoms with van der Waals surface area (Å²) in [5.74, 6) is 1.36. The largest absolute Gasteiger partial charge is 0.496 e. The monoisotopic (exact) mass is 239 g/mol. The van der Waals surface area contributed by atoms with E-state index < -0.39 is 0 Å². The molecule has 0 saturated heterocycles. The van der Waals surface area contributed by atoms with Gasteiger partial charge in [-0.1, -0.05) is 23.8 Å². The third kappa shape index (κ3) is 1.74. The maximum atomic E-state index is 5.76. The van der Waals surface area contributed by atoms with E-state index in [-0.39, 0.29) is 0 Å². The zero-order valence-electron chi connectivity index (χ0n) is 10.3. The molecule has 0 atom stereocenters. The van der Waals surface area contributed by atoms with Crippen LogP contribution in [-0.4, -0.2) is 12.1 Å². The highest BCUT2D eigenvalue weighted by atomic mass is 16.5. The molecule has 0 unspecified atom stereocenters. The Bertz CT molecular complexity index is 668. The number of rotatable bonds is 2. The topological polar surface area (TPSA) is 35.3 Å². The maximum absolute atomic E-state index is 5.76. The predicted octanol–water partition coefficient (Wildman–Crippen LogP) is 3.81. The quantitative estimate of drug-likeness (QED) is 0.682. The number of hydrogen-bond donors (Lipinski definition) is 0. The Labute approximate surface area is 105 Å². The van der Waals surface area contributed by atoms with Gasteiger partial charge in [-0.25, -0.2) is 4.98 Å². The van der Waals surface area contributed by atoms with Crippen molar-refractivity contribution in [3.63, 3.8) is 0 Å². The van der Waals surface area contributed by atoms with E-state index in [0.717, 1.165) is 28.0 Å². The standard InChI is InChI=1S/C15H13NO2/c1-10-7-8-13(17-2)11(9-10)15-16-12-5-3-4-6-14(12)18-15/h3-9H,1-2H3. The first-order valence-corrected chi connectivity index (χ1v) is 5.78. The van der Waals surface area contributed by atoms with E-state index in [1.807, 2.05) is 49.4 Å². The van der Waals surface area contributed by atoms with E-state index in [1.54, 1.807) is 7.11 Å². The molecule has 0 aliphatic heterocycles. The summed E-state index contributed by atoms with van der Waals surface area (Å²) in [6, 6.07) is 13.7. The van der Waals surface area contributed by atoms with Gasteiger partial charge in [0.15, 0.2) is 5.58 Å². The number of oxazole rings is 1. The molecule has 0 saturated carbocycles. The van der Waals surface area contributed by atoms with Gasteiger partial charge in [0.25, 0.3) is 0 Å². The molecular formula is C15H13NO2. The molecule has 18 heavy (non-hydrogen) atoms. The average Bonchev–Trinajstić information content (AvgIpc) is 2.82. The smallest absolute Gasteiger partial charge is 0.231 e. The SMILES string of the molecule is COc1ccc(C)cc1-c1nc2ccccc2o1. The Hall–Kier alpha value is -2.29. The fourth-order valence-corrected chi connectivity index (χ4v) is 1.98. The van der Waals surface area contributed by atoms with Crippen LogP contribution < -0.4 is 4.74 Å². The molecule has 3 aromatic rings. The van der Waals surface area contributed by atoms with Gasteiger partial charge >= 0.3 is 0 Å². The molecule has 3 heteroatoms. The lowest BCUT2D eigenvalue weighted by molar-refractivity contribution is 0.414. The van der Waals surface area contributed by atoms with Gasteiger partial charge in [0, 0.05) is 0 Å². The first-order chi connectivity index (χ1) is 8.78. The number of methoxy groups -OCH3 is 1. The van der Waals surface area contributed by atoms with Gasteiger partial charge in [-0.05, 0) is 31.2 Å². The first kappa shape index (κ1) is 10.8. The summed E-state index contributed by atoms with van der Waals surface area (Å²) in [5.41, 5.74) is 3.67. The number of hydrogen-bond acceptors (Lipinski definition) is 3. The van der Waals surface area contributed by atoms with Gasteiger partial charge in [0.2, 0.25) is 5.89 Å². The van der Waals surface area contributed by atoms with Crippen LogP contribution in [0.15, 0.2) is 46.9 Å². The fourth-order valence-electron chi connectivity index (χ4n) is 1.98. The summed E-state index contributed by atoms with van der Waals surface area (Å²) in [5, 5.41) is 0. The number of benzene rings is 2. The van der Waals surface area contributed by atoms with Gasteiger partial charge < -0.3 is 9.15 Å². The van der Waals surface area contributed by atoms with Crippen molar-refractivity contribution in [3.05, 3.63) is 48.0 Å². The fraction of sp³-hybridized carbons (Fsp3) is 0.133. The van der Waals surface area contributed by atoms with Crippen LogP contribution in [0.4, 0.5) is 0 Å². The van der Waals surface area contributed by atoms with Crippen molar-refractivity contribution >= 4 is 11.1 Å². The van der Waals surface area contributed by atoms with Crippen molar-refractivity contribution in [1.82, 2.24) is 4.98 Å². The zero-order chi connectivity index (χ0) is 12.5. The Kier molecular flexibility index (Phi) is 2.52. The molecule has 3 rings (SSSR count). The molecule has 3 nitrogen and oxygen atoms in total. The number of para-hydroxylation sites is 2. The molecule has 2 aromatic carbocycles. The van der Waals surface area contributed by atoms with E-state index in [2.05, 4.69) is 4.98 Å². The number of ether oxygens (including phenoxy) is 1. The van der Waals surface area contributed by atoms with Crippen molar-refractivity contribution in [2.75, 3.05) is 7.11 Å². The summed E-state index contributed by atoms with van der Waals surface area (Å²) in [4.78, 5) is 4.49. The maximum Gasteiger partial charge on any atom is 0.231 e. The summed E-state index contributed by atoms with van der Waals surface area (Å²) in [7, 11) is 1.65. The Balaban J connectivity index is 2.22. The Morgan fingerprint density at radius 3 is 2.72 bits per heavy atom. The molecule has 1 aromatic heterocycles. The van der Waals surface area contributed by atoms with Gasteiger partial charge in [-0.2, -0.15) is 0 Å². The molecule has 0 aliphatic carbocycles. The molecule has 0 aliphatic rings. The second kappa shape index (κ2) is 4.18. The van der Waals surface area contributed by atoms with Gasteiger partial charge in [0.1, 0.15) is 11.3 Å². The molecule has 0 spiro atoms. The molecule has 1 heterocycles. The highest BCUT2D eigenvalue weighted by Gasteiger charge is 2.12. The summed E-state index contributed by atoms with van der Waals surface area (Å²) in [6.45, 7) is 2.03. The van der Waals surface area contributed by atoms with E-state index in [1.165, 1.54) is 0 Å². The third-order valence-electron chi connectivity index (χ3n) is 2.88. The van der Waals surface area contributed by atoms with Crippen molar-refractivity contribution in [2.24, 2.45) is 0 Å². The van der Waals surface area contributed by atoms with Crippen molar-refractivity contribution in [1.29, 1.82) is 0 Å². The van der Waals surface area contributed by atoms with Crippen LogP contribution in [0, 0.1) is 6.92 Å². The lowest BCUT2D eigenvalue weighted by atomic mass is 10.1. The normalized spacial score (nSPS) is 10.8. The van der Waals surface area contributed by atoms with Gasteiger partial charge in [-0.15, -0.1) is 0 Å². The van der Waals surface area contributed by atoms with Crippen molar-refractivity contribution < 1.29 is 9.15 Å². The number of fused-ring (bicyclic) bond motifs is 1. The van der Waals surface area contributed by atoms with Crippen LogP contribution in [0.3, 0.4) is 0 Å². The lowest BCUT2D eigenvalue weighted by Crippen LogP contribution is -1.88. The Morgan fingerprint density at radius 2 is 1.94 bits per heavy atom. The summed E-state index contributed by atoms with van der Waals surface area (Å²) < 4.78 is 11.1. The molecule has 0 N–H and O–H groups in total. The van der Waals surface area contributed by atoms with Crippen LogP contribution in [0.2, 0.25) is 0 Å². The average molecular weight is 239 g/mol. The number of nitrogens with zero attached hydrogens (tertiary/aromatic N) is 1. The number of aryl methyl sites for hydroxylation is 1. The second-order valence-corrected chi connectivity index (χ2v) is 4.19. The molecule has 90 valence electrons. The highest BCUT2D eigenvalue weighted by molar-refractivity contribution is 5.77. The summed E-state index contributed by atoms with van der Waals surface area (Å²) in [6.07, 6.45) is 0. The van der Waals surface area contributed by atoms with Crippen LogP contribution >= 0.6 is 0 Å². The van der Waals surface area contributed by atoms with Crippen LogP contribution in [-0.2, 0) is 0 Å². The first-order valence-electron chi connectivity index (χ1n) is 5.78. The zero-order valence-corrected chi connectivity index (χ0v) is 10.3. The molecule has 0 fully saturated rings. The minimum Gasteiger partial charge on any atom is -0.496 e. The summed E-state index contributed by atoms with van der Waals surface area (Å²) >= 11 is 0. The minimum absolute atomic E-state index is 0.594. The van der Waals surface area contributed by atoms with Crippen molar-refractivity contribution in [3.8, 4) is 17.2 Å². The molecule has 0 bridgehead atoms. The van der Waals surface area contributed by atoms with Crippen LogP contribution in [0.25, 0.3) is 22.6 Å². The van der Waals surface area contributed by atoms with E-state index >= 15 is 0 Å².